The summed E-state index contributed by atoms with van der Waals surface area (Å²) in [6.45, 7) is 9.82. The number of carbonyl (C=O) groups excluding carboxylic acids is 1. The van der Waals surface area contributed by atoms with Crippen LogP contribution in [0.1, 0.15) is 59.8 Å². The molecule has 1 aliphatic rings. The topological polar surface area (TPSA) is 68.6 Å². The molecule has 4 rings (SSSR count). The van der Waals surface area contributed by atoms with E-state index in [2.05, 4.69) is 55.3 Å². The molecule has 0 radical (unpaired) electrons. The molecule has 1 aliphatic heterocycles. The van der Waals surface area contributed by atoms with E-state index in [-0.39, 0.29) is 11.8 Å². The van der Waals surface area contributed by atoms with Gasteiger partial charge in [-0.25, -0.2) is 4.68 Å². The first kappa shape index (κ1) is 25.9. The van der Waals surface area contributed by atoms with Gasteiger partial charge in [0.15, 0.2) is 0 Å². The highest BCUT2D eigenvalue weighted by Gasteiger charge is 2.21. The Kier molecular flexibility index (Phi) is 8.78. The minimum atomic E-state index is -0.124. The first-order chi connectivity index (χ1) is 17.4. The van der Waals surface area contributed by atoms with E-state index in [4.69, 9.17) is 9.47 Å². The summed E-state index contributed by atoms with van der Waals surface area (Å²) in [7, 11) is 2.15. The molecular weight excluding hydrogens is 452 g/mol. The lowest BCUT2D eigenvalue weighted by molar-refractivity contribution is 0.0392. The van der Waals surface area contributed by atoms with Crippen LogP contribution in [-0.2, 0) is 11.3 Å². The van der Waals surface area contributed by atoms with Gasteiger partial charge in [-0.1, -0.05) is 43.7 Å². The highest BCUT2D eigenvalue weighted by molar-refractivity contribution is 5.95. The van der Waals surface area contributed by atoms with Crippen LogP contribution in [0.25, 0.3) is 5.69 Å². The van der Waals surface area contributed by atoms with Gasteiger partial charge in [0.1, 0.15) is 12.4 Å². The third-order valence-corrected chi connectivity index (χ3v) is 6.75. The molecule has 1 fully saturated rings. The molecule has 1 saturated heterocycles. The summed E-state index contributed by atoms with van der Waals surface area (Å²) in [5.41, 5.74) is 4.65. The third kappa shape index (κ3) is 6.53. The quantitative estimate of drug-likeness (QED) is 0.445. The molecule has 1 N–H and O–H groups in total. The van der Waals surface area contributed by atoms with Gasteiger partial charge in [-0.15, -0.1) is 0 Å². The standard InChI is InChI=1S/C29H38N4O3/c1-21(2)28-27(20-31-33(28)25-10-8-22(3)9-11-25)29(34)30-19-23-6-5-7-26(18-23)36-17-14-32(4)24-12-15-35-16-13-24/h5-11,18,20-21,24H,12-17,19H2,1-4H3,(H,30,34). The maximum atomic E-state index is 13.1. The van der Waals surface area contributed by atoms with Gasteiger partial charge in [0.2, 0.25) is 0 Å². The molecule has 2 heterocycles. The van der Waals surface area contributed by atoms with Crippen molar-refractivity contribution in [2.24, 2.45) is 0 Å². The maximum Gasteiger partial charge on any atom is 0.255 e. The molecular formula is C29H38N4O3. The molecule has 2 aromatic carbocycles. The minimum absolute atomic E-state index is 0.124. The van der Waals surface area contributed by atoms with Crippen molar-refractivity contribution in [2.45, 2.75) is 52.1 Å². The maximum absolute atomic E-state index is 13.1. The number of benzene rings is 2. The van der Waals surface area contributed by atoms with Crippen molar-refractivity contribution in [1.29, 1.82) is 0 Å². The van der Waals surface area contributed by atoms with Crippen LogP contribution in [-0.4, -0.2) is 60.0 Å². The molecule has 36 heavy (non-hydrogen) atoms. The van der Waals surface area contributed by atoms with Gasteiger partial charge < -0.3 is 14.8 Å². The number of amides is 1. The summed E-state index contributed by atoms with van der Waals surface area (Å²) < 4.78 is 13.3. The average molecular weight is 491 g/mol. The van der Waals surface area contributed by atoms with Crippen molar-refractivity contribution in [3.05, 3.63) is 77.1 Å². The van der Waals surface area contributed by atoms with Crippen molar-refractivity contribution in [2.75, 3.05) is 33.4 Å². The Morgan fingerprint density at radius 2 is 1.94 bits per heavy atom. The summed E-state index contributed by atoms with van der Waals surface area (Å²) in [5, 5.41) is 7.60. The second kappa shape index (κ2) is 12.2. The van der Waals surface area contributed by atoms with Gasteiger partial charge in [0, 0.05) is 32.3 Å². The minimum Gasteiger partial charge on any atom is -0.492 e. The third-order valence-electron chi connectivity index (χ3n) is 6.75. The average Bonchev–Trinajstić information content (AvgIpc) is 3.34. The molecule has 0 unspecified atom stereocenters. The van der Waals surface area contributed by atoms with Crippen LogP contribution in [0.4, 0.5) is 0 Å². The highest BCUT2D eigenvalue weighted by atomic mass is 16.5. The monoisotopic (exact) mass is 490 g/mol. The molecule has 0 aliphatic carbocycles. The normalized spacial score (nSPS) is 14.4. The predicted octanol–water partition coefficient (Wildman–Crippen LogP) is 4.72. The number of aromatic nitrogens is 2. The number of rotatable bonds is 10. The van der Waals surface area contributed by atoms with Crippen LogP contribution in [0.2, 0.25) is 0 Å². The smallest absolute Gasteiger partial charge is 0.255 e. The molecule has 0 atom stereocenters. The number of carbonyl (C=O) groups is 1. The van der Waals surface area contributed by atoms with Crippen molar-refractivity contribution in [3.8, 4) is 11.4 Å². The molecule has 7 nitrogen and oxygen atoms in total. The fourth-order valence-corrected chi connectivity index (χ4v) is 4.62. The Morgan fingerprint density at radius 1 is 1.19 bits per heavy atom. The zero-order valence-corrected chi connectivity index (χ0v) is 21.9. The molecule has 1 aromatic heterocycles. The van der Waals surface area contributed by atoms with E-state index in [9.17, 15) is 4.79 Å². The Bertz CT molecular complexity index is 1130. The SMILES string of the molecule is Cc1ccc(-n2ncc(C(=O)NCc3cccc(OCCN(C)C4CCOCC4)c3)c2C(C)C)cc1. The number of likely N-dealkylation sites (N-methyl/N-ethyl adjacent to an activating group) is 1. The first-order valence-electron chi connectivity index (χ1n) is 12.8. The molecule has 0 saturated carbocycles. The molecule has 0 spiro atoms. The predicted molar refractivity (Wildman–Crippen MR) is 142 cm³/mol. The van der Waals surface area contributed by atoms with E-state index in [1.165, 1.54) is 5.56 Å². The number of hydrogen-bond acceptors (Lipinski definition) is 5. The van der Waals surface area contributed by atoms with Crippen LogP contribution in [0, 0.1) is 6.92 Å². The Balaban J connectivity index is 1.34. The Hall–Kier alpha value is -3.16. The van der Waals surface area contributed by atoms with E-state index in [1.807, 2.05) is 41.1 Å². The van der Waals surface area contributed by atoms with Gasteiger partial charge in [-0.05, 0) is 62.6 Å². The van der Waals surface area contributed by atoms with Crippen molar-refractivity contribution < 1.29 is 14.3 Å². The van der Waals surface area contributed by atoms with E-state index in [0.717, 1.165) is 55.3 Å². The van der Waals surface area contributed by atoms with Gasteiger partial charge in [-0.2, -0.15) is 5.10 Å². The first-order valence-corrected chi connectivity index (χ1v) is 12.8. The van der Waals surface area contributed by atoms with Crippen molar-refractivity contribution >= 4 is 5.91 Å². The second-order valence-electron chi connectivity index (χ2n) is 9.85. The van der Waals surface area contributed by atoms with Gasteiger partial charge in [0.25, 0.3) is 5.91 Å². The molecule has 1 amide bonds. The molecule has 3 aromatic rings. The van der Waals surface area contributed by atoms with Gasteiger partial charge in [-0.3, -0.25) is 9.69 Å². The largest absolute Gasteiger partial charge is 0.492 e. The lowest BCUT2D eigenvalue weighted by atomic mass is 10.0. The molecule has 7 heteroatoms. The van der Waals surface area contributed by atoms with Gasteiger partial charge in [0.05, 0.1) is 23.1 Å². The van der Waals surface area contributed by atoms with E-state index < -0.39 is 0 Å². The highest BCUT2D eigenvalue weighted by Crippen LogP contribution is 2.23. The Labute approximate surface area is 214 Å². The van der Waals surface area contributed by atoms with Crippen LogP contribution in [0.15, 0.2) is 54.7 Å². The van der Waals surface area contributed by atoms with E-state index in [1.54, 1.807) is 6.20 Å². The fourth-order valence-electron chi connectivity index (χ4n) is 4.62. The van der Waals surface area contributed by atoms with Crippen LogP contribution < -0.4 is 10.1 Å². The Morgan fingerprint density at radius 3 is 2.67 bits per heavy atom. The van der Waals surface area contributed by atoms with Crippen molar-refractivity contribution in [1.82, 2.24) is 20.0 Å². The zero-order chi connectivity index (χ0) is 25.5. The molecule has 0 bridgehead atoms. The van der Waals surface area contributed by atoms with Crippen LogP contribution in [0.5, 0.6) is 5.75 Å². The number of aryl methyl sites for hydroxylation is 1. The lowest BCUT2D eigenvalue weighted by Gasteiger charge is -2.31. The summed E-state index contributed by atoms with van der Waals surface area (Å²) in [5.74, 6) is 0.837. The summed E-state index contributed by atoms with van der Waals surface area (Å²) in [6.07, 6.45) is 3.82. The summed E-state index contributed by atoms with van der Waals surface area (Å²) in [6, 6.07) is 16.7. The number of nitrogens with zero attached hydrogens (tertiary/aromatic N) is 3. The van der Waals surface area contributed by atoms with Crippen LogP contribution >= 0.6 is 0 Å². The number of hydrogen-bond donors (Lipinski definition) is 1. The van der Waals surface area contributed by atoms with E-state index >= 15 is 0 Å². The second-order valence-corrected chi connectivity index (χ2v) is 9.85. The van der Waals surface area contributed by atoms with Crippen molar-refractivity contribution in [3.63, 3.8) is 0 Å². The van der Waals surface area contributed by atoms with Gasteiger partial charge >= 0.3 is 0 Å². The fraction of sp³-hybridized carbons (Fsp3) is 0.448. The molecule has 192 valence electrons. The lowest BCUT2D eigenvalue weighted by Crippen LogP contribution is -2.38. The number of ether oxygens (including phenoxy) is 2. The van der Waals surface area contributed by atoms with E-state index in [0.29, 0.717) is 24.8 Å². The zero-order valence-electron chi connectivity index (χ0n) is 21.9. The summed E-state index contributed by atoms with van der Waals surface area (Å²) >= 11 is 0. The van der Waals surface area contributed by atoms with Crippen LogP contribution in [0.3, 0.4) is 0 Å². The number of nitrogens with one attached hydrogen (secondary N) is 1. The summed E-state index contributed by atoms with van der Waals surface area (Å²) in [4.78, 5) is 15.5.